The molecule has 0 saturated heterocycles. The van der Waals surface area contributed by atoms with Gasteiger partial charge in [-0.25, -0.2) is 9.37 Å². The van der Waals surface area contributed by atoms with Crippen molar-refractivity contribution in [3.8, 4) is 5.75 Å². The Labute approximate surface area is 153 Å². The highest BCUT2D eigenvalue weighted by atomic mass is 19.4. The maximum absolute atomic E-state index is 13.7. The van der Waals surface area contributed by atoms with E-state index < -0.39 is 23.8 Å². The van der Waals surface area contributed by atoms with Crippen LogP contribution in [0.3, 0.4) is 0 Å². The van der Waals surface area contributed by atoms with Crippen molar-refractivity contribution in [1.29, 1.82) is 0 Å². The molecule has 2 aromatic rings. The van der Waals surface area contributed by atoms with Crippen LogP contribution in [0, 0.1) is 5.82 Å². The summed E-state index contributed by atoms with van der Waals surface area (Å²) >= 11 is 0. The maximum Gasteiger partial charge on any atom is 0.573 e. The summed E-state index contributed by atoms with van der Waals surface area (Å²) in [6.45, 7) is 5.76. The highest BCUT2D eigenvalue weighted by Gasteiger charge is 2.32. The van der Waals surface area contributed by atoms with E-state index in [9.17, 15) is 22.4 Å². The molecule has 0 spiro atoms. The predicted octanol–water partition coefficient (Wildman–Crippen LogP) is 3.19. The highest BCUT2D eigenvalue weighted by molar-refractivity contribution is 5.90. The van der Waals surface area contributed by atoms with Gasteiger partial charge in [0.1, 0.15) is 5.69 Å². The SMILES string of the molecule is CC(C)(C)NCc1cccc(OC(F)(F)F)c1F.NC(=O)c1cnccn1. The Hall–Kier alpha value is -2.75. The lowest BCUT2D eigenvalue weighted by molar-refractivity contribution is -0.275. The molecule has 3 N–H and O–H groups in total. The number of alkyl halides is 3. The normalized spacial score (nSPS) is 11.4. The molecule has 0 unspecified atom stereocenters. The van der Waals surface area contributed by atoms with E-state index in [1.807, 2.05) is 20.8 Å². The number of nitrogens with zero attached hydrogens (tertiary/aromatic N) is 2. The van der Waals surface area contributed by atoms with E-state index in [2.05, 4.69) is 20.0 Å². The summed E-state index contributed by atoms with van der Waals surface area (Å²) in [4.78, 5) is 17.6. The van der Waals surface area contributed by atoms with E-state index in [0.717, 1.165) is 6.07 Å². The molecule has 1 amide bonds. The summed E-state index contributed by atoms with van der Waals surface area (Å²) < 4.78 is 53.4. The zero-order valence-electron chi connectivity index (χ0n) is 15.0. The molecule has 1 aromatic carbocycles. The summed E-state index contributed by atoms with van der Waals surface area (Å²) in [5, 5.41) is 2.99. The van der Waals surface area contributed by atoms with Crippen molar-refractivity contribution >= 4 is 5.91 Å². The lowest BCUT2D eigenvalue weighted by atomic mass is 10.1. The molecule has 0 atom stereocenters. The quantitative estimate of drug-likeness (QED) is 0.785. The molecular weight excluding hydrogens is 368 g/mol. The molecule has 2 rings (SSSR count). The van der Waals surface area contributed by atoms with E-state index in [1.165, 1.54) is 30.7 Å². The number of rotatable bonds is 4. The number of ether oxygens (including phenoxy) is 1. The van der Waals surface area contributed by atoms with Gasteiger partial charge in [0.05, 0.1) is 6.20 Å². The second-order valence-corrected chi connectivity index (χ2v) is 6.34. The van der Waals surface area contributed by atoms with Crippen molar-refractivity contribution in [2.75, 3.05) is 0 Å². The standard InChI is InChI=1S/C12H15F4NO.C5H5N3O/c1-11(2,3)17-7-8-5-4-6-9(10(8)13)18-12(14,15)16;6-5(9)4-3-7-1-2-8-4/h4-6,17H,7H2,1-3H3;1-3H,(H2,6,9). The van der Waals surface area contributed by atoms with E-state index in [4.69, 9.17) is 5.73 Å². The summed E-state index contributed by atoms with van der Waals surface area (Å²) in [5.41, 5.74) is 4.94. The minimum absolute atomic E-state index is 0.129. The minimum atomic E-state index is -4.89. The van der Waals surface area contributed by atoms with E-state index in [-0.39, 0.29) is 23.3 Å². The number of aromatic nitrogens is 2. The van der Waals surface area contributed by atoms with Gasteiger partial charge in [-0.2, -0.15) is 0 Å². The molecule has 0 aliphatic rings. The number of benzene rings is 1. The van der Waals surface area contributed by atoms with Crippen molar-refractivity contribution in [2.24, 2.45) is 5.73 Å². The molecule has 0 bridgehead atoms. The fourth-order valence-electron chi connectivity index (χ4n) is 1.68. The molecule has 27 heavy (non-hydrogen) atoms. The average molecular weight is 388 g/mol. The Kier molecular flexibility index (Phi) is 7.65. The molecule has 1 aromatic heterocycles. The lowest BCUT2D eigenvalue weighted by Gasteiger charge is -2.21. The largest absolute Gasteiger partial charge is 0.573 e. The van der Waals surface area contributed by atoms with Gasteiger partial charge < -0.3 is 15.8 Å². The van der Waals surface area contributed by atoms with Crippen molar-refractivity contribution in [1.82, 2.24) is 15.3 Å². The Morgan fingerprint density at radius 2 is 1.89 bits per heavy atom. The number of primary amides is 1. The van der Waals surface area contributed by atoms with Gasteiger partial charge in [-0.1, -0.05) is 12.1 Å². The van der Waals surface area contributed by atoms with Crippen molar-refractivity contribution in [3.05, 3.63) is 53.9 Å². The van der Waals surface area contributed by atoms with Gasteiger partial charge in [-0.15, -0.1) is 13.2 Å². The van der Waals surface area contributed by atoms with E-state index in [0.29, 0.717) is 0 Å². The number of nitrogens with one attached hydrogen (secondary N) is 1. The molecule has 148 valence electrons. The monoisotopic (exact) mass is 388 g/mol. The summed E-state index contributed by atoms with van der Waals surface area (Å²) in [6, 6.07) is 3.69. The zero-order chi connectivity index (χ0) is 20.7. The third-order valence-corrected chi connectivity index (χ3v) is 2.89. The first kappa shape index (κ1) is 22.3. The maximum atomic E-state index is 13.7. The van der Waals surface area contributed by atoms with Gasteiger partial charge >= 0.3 is 6.36 Å². The van der Waals surface area contributed by atoms with Crippen LogP contribution in [-0.4, -0.2) is 27.8 Å². The fraction of sp³-hybridized carbons (Fsp3) is 0.353. The number of hydrogen-bond acceptors (Lipinski definition) is 5. The van der Waals surface area contributed by atoms with Crippen LogP contribution in [0.1, 0.15) is 36.8 Å². The number of carbonyl (C=O) groups is 1. The second-order valence-electron chi connectivity index (χ2n) is 6.34. The van der Waals surface area contributed by atoms with Gasteiger partial charge in [-0.05, 0) is 26.8 Å². The molecule has 0 aliphatic heterocycles. The van der Waals surface area contributed by atoms with Gasteiger partial charge in [-0.3, -0.25) is 9.78 Å². The molecule has 6 nitrogen and oxygen atoms in total. The summed E-state index contributed by atoms with van der Waals surface area (Å²) in [5.74, 6) is -2.36. The number of hydrogen-bond donors (Lipinski definition) is 2. The Morgan fingerprint density at radius 3 is 2.33 bits per heavy atom. The van der Waals surface area contributed by atoms with Crippen LogP contribution in [-0.2, 0) is 6.54 Å². The Balaban J connectivity index is 0.000000337. The Morgan fingerprint density at radius 1 is 1.22 bits per heavy atom. The van der Waals surface area contributed by atoms with Crippen molar-refractivity contribution < 1.29 is 27.1 Å². The van der Waals surface area contributed by atoms with Crippen LogP contribution in [0.5, 0.6) is 5.75 Å². The van der Waals surface area contributed by atoms with Gasteiger partial charge in [0.2, 0.25) is 0 Å². The fourth-order valence-corrected chi connectivity index (χ4v) is 1.68. The third kappa shape index (κ3) is 8.95. The first-order chi connectivity index (χ1) is 12.4. The van der Waals surface area contributed by atoms with Crippen LogP contribution < -0.4 is 15.8 Å². The Bertz CT molecular complexity index is 747. The first-order valence-electron chi connectivity index (χ1n) is 7.73. The lowest BCUT2D eigenvalue weighted by Crippen LogP contribution is -2.35. The van der Waals surface area contributed by atoms with Crippen LogP contribution >= 0.6 is 0 Å². The van der Waals surface area contributed by atoms with E-state index in [1.54, 1.807) is 0 Å². The minimum Gasteiger partial charge on any atom is -0.403 e. The number of carbonyl (C=O) groups excluding carboxylic acids is 1. The molecule has 0 fully saturated rings. The second kappa shape index (κ2) is 9.26. The molecule has 0 radical (unpaired) electrons. The van der Waals surface area contributed by atoms with Gasteiger partial charge in [0.15, 0.2) is 11.6 Å². The first-order valence-corrected chi connectivity index (χ1v) is 7.73. The van der Waals surface area contributed by atoms with Crippen molar-refractivity contribution in [2.45, 2.75) is 39.2 Å². The molecule has 1 heterocycles. The smallest absolute Gasteiger partial charge is 0.403 e. The molecule has 0 saturated carbocycles. The molecule has 10 heteroatoms. The number of nitrogens with two attached hydrogens (primary N) is 1. The topological polar surface area (TPSA) is 90.1 Å². The summed E-state index contributed by atoms with van der Waals surface area (Å²) in [7, 11) is 0. The predicted molar refractivity (Wildman–Crippen MR) is 90.2 cm³/mol. The van der Waals surface area contributed by atoms with Crippen molar-refractivity contribution in [3.63, 3.8) is 0 Å². The van der Waals surface area contributed by atoms with Gasteiger partial charge in [0, 0.05) is 30.0 Å². The number of halogens is 4. The van der Waals surface area contributed by atoms with Crippen LogP contribution in [0.25, 0.3) is 0 Å². The highest BCUT2D eigenvalue weighted by Crippen LogP contribution is 2.27. The third-order valence-electron chi connectivity index (χ3n) is 2.89. The van der Waals surface area contributed by atoms with Gasteiger partial charge in [0.25, 0.3) is 5.91 Å². The van der Waals surface area contributed by atoms with E-state index >= 15 is 0 Å². The molecular formula is C17H20F4N4O2. The number of amides is 1. The van der Waals surface area contributed by atoms with Crippen LogP contribution in [0.15, 0.2) is 36.8 Å². The summed E-state index contributed by atoms with van der Waals surface area (Å²) in [6.07, 6.45) is -0.675. The average Bonchev–Trinajstić information content (AvgIpc) is 2.55. The zero-order valence-corrected chi connectivity index (χ0v) is 15.0. The van der Waals surface area contributed by atoms with Crippen LogP contribution in [0.2, 0.25) is 0 Å². The van der Waals surface area contributed by atoms with Crippen LogP contribution in [0.4, 0.5) is 17.6 Å². The molecule has 0 aliphatic carbocycles.